The van der Waals surface area contributed by atoms with Crippen molar-refractivity contribution in [2.45, 2.75) is 12.5 Å². The minimum atomic E-state index is -0.308. The van der Waals surface area contributed by atoms with E-state index in [0.717, 1.165) is 16.7 Å². The number of amides is 1. The summed E-state index contributed by atoms with van der Waals surface area (Å²) >= 11 is 12.4. The first-order chi connectivity index (χ1) is 17.5. The van der Waals surface area contributed by atoms with Gasteiger partial charge in [0.15, 0.2) is 18.1 Å². The second-order valence-corrected chi connectivity index (χ2v) is 9.15. The van der Waals surface area contributed by atoms with Crippen molar-refractivity contribution in [1.29, 1.82) is 0 Å². The van der Waals surface area contributed by atoms with Gasteiger partial charge in [0.05, 0.1) is 36.2 Å². The zero-order chi connectivity index (χ0) is 25.2. The molecule has 5 rings (SSSR count). The van der Waals surface area contributed by atoms with Crippen LogP contribution in [-0.2, 0) is 11.2 Å². The highest BCUT2D eigenvalue weighted by Gasteiger charge is 2.33. The van der Waals surface area contributed by atoms with Crippen LogP contribution in [0.1, 0.15) is 22.7 Å². The molecule has 4 aromatic rings. The number of nitrogens with zero attached hydrogens (tertiary/aromatic N) is 3. The van der Waals surface area contributed by atoms with Crippen LogP contribution in [0.4, 0.5) is 0 Å². The second kappa shape index (κ2) is 10.2. The number of carbonyl (C=O) groups is 1. The molecule has 0 saturated carbocycles. The van der Waals surface area contributed by atoms with E-state index in [1.54, 1.807) is 26.4 Å². The maximum absolute atomic E-state index is 13.6. The van der Waals surface area contributed by atoms with E-state index >= 15 is 0 Å². The van der Waals surface area contributed by atoms with Crippen molar-refractivity contribution in [1.82, 2.24) is 14.9 Å². The third-order valence-electron chi connectivity index (χ3n) is 6.26. The summed E-state index contributed by atoms with van der Waals surface area (Å²) in [6.07, 6.45) is 2.03. The molecule has 0 saturated heterocycles. The molecule has 1 aliphatic heterocycles. The van der Waals surface area contributed by atoms with Gasteiger partial charge in [-0.1, -0.05) is 53.5 Å². The molecule has 1 aliphatic rings. The van der Waals surface area contributed by atoms with Gasteiger partial charge in [-0.2, -0.15) is 0 Å². The van der Waals surface area contributed by atoms with Crippen LogP contribution in [0.5, 0.6) is 17.4 Å². The van der Waals surface area contributed by atoms with Crippen molar-refractivity contribution >= 4 is 40.0 Å². The molecule has 0 spiro atoms. The van der Waals surface area contributed by atoms with Gasteiger partial charge in [0, 0.05) is 11.6 Å². The van der Waals surface area contributed by atoms with Crippen LogP contribution < -0.4 is 14.2 Å². The van der Waals surface area contributed by atoms with E-state index in [-0.39, 0.29) is 24.4 Å². The summed E-state index contributed by atoms with van der Waals surface area (Å²) in [4.78, 5) is 23.8. The zero-order valence-electron chi connectivity index (χ0n) is 19.7. The fourth-order valence-corrected chi connectivity index (χ4v) is 5.15. The maximum Gasteiger partial charge on any atom is 0.261 e. The van der Waals surface area contributed by atoms with E-state index in [1.165, 1.54) is 6.33 Å². The van der Waals surface area contributed by atoms with Crippen LogP contribution in [0.15, 0.2) is 60.9 Å². The molecule has 1 atom stereocenters. The van der Waals surface area contributed by atoms with Crippen LogP contribution in [0, 0.1) is 0 Å². The Labute approximate surface area is 218 Å². The third-order valence-corrected chi connectivity index (χ3v) is 6.77. The van der Waals surface area contributed by atoms with Gasteiger partial charge < -0.3 is 19.1 Å². The number of benzene rings is 3. The molecular weight excluding hydrogens is 501 g/mol. The highest BCUT2D eigenvalue weighted by molar-refractivity contribution is 6.38. The molecule has 0 radical (unpaired) electrons. The smallest absolute Gasteiger partial charge is 0.261 e. The molecular formula is C27H23Cl2N3O4. The summed E-state index contributed by atoms with van der Waals surface area (Å²) in [6, 6.07) is 16.8. The Kier molecular flexibility index (Phi) is 6.85. The van der Waals surface area contributed by atoms with Gasteiger partial charge in [-0.05, 0) is 47.4 Å². The number of halogens is 2. The lowest BCUT2D eigenvalue weighted by Gasteiger charge is -2.38. The molecule has 0 aliphatic carbocycles. The number of ether oxygens (including phenoxy) is 3. The first kappa shape index (κ1) is 24.2. The number of rotatable bonds is 6. The fourth-order valence-electron chi connectivity index (χ4n) is 4.61. The largest absolute Gasteiger partial charge is 0.493 e. The van der Waals surface area contributed by atoms with E-state index in [0.29, 0.717) is 45.4 Å². The first-order valence-electron chi connectivity index (χ1n) is 11.3. The molecule has 184 valence electrons. The van der Waals surface area contributed by atoms with Crippen molar-refractivity contribution in [2.75, 3.05) is 27.4 Å². The van der Waals surface area contributed by atoms with Gasteiger partial charge in [-0.3, -0.25) is 4.79 Å². The SMILES string of the molecule is COc1cc2c(cc1OC)[C@H](c1ccccc1)N(C(=O)COc1ncnc3c(Cl)cc(Cl)cc13)CC2. The van der Waals surface area contributed by atoms with Crippen LogP contribution in [0.2, 0.25) is 10.0 Å². The normalized spacial score (nSPS) is 14.9. The summed E-state index contributed by atoms with van der Waals surface area (Å²) in [6.45, 7) is 0.314. The van der Waals surface area contributed by atoms with Gasteiger partial charge >= 0.3 is 0 Å². The molecule has 9 heteroatoms. The molecule has 0 N–H and O–H groups in total. The lowest BCUT2D eigenvalue weighted by Crippen LogP contribution is -2.43. The Bertz CT molecular complexity index is 1430. The summed E-state index contributed by atoms with van der Waals surface area (Å²) < 4.78 is 17.0. The van der Waals surface area contributed by atoms with Gasteiger partial charge in [0.2, 0.25) is 5.88 Å². The van der Waals surface area contributed by atoms with E-state index in [1.807, 2.05) is 47.4 Å². The average molecular weight is 524 g/mol. The zero-order valence-corrected chi connectivity index (χ0v) is 21.2. The lowest BCUT2D eigenvalue weighted by atomic mass is 9.87. The Morgan fingerprint density at radius 1 is 1.03 bits per heavy atom. The molecule has 36 heavy (non-hydrogen) atoms. The molecule has 0 bridgehead atoms. The molecule has 3 aromatic carbocycles. The van der Waals surface area contributed by atoms with Crippen LogP contribution in [-0.4, -0.2) is 48.1 Å². The Hall–Kier alpha value is -3.55. The minimum Gasteiger partial charge on any atom is -0.493 e. The van der Waals surface area contributed by atoms with Crippen molar-refractivity contribution in [2.24, 2.45) is 0 Å². The highest BCUT2D eigenvalue weighted by atomic mass is 35.5. The number of carbonyl (C=O) groups excluding carboxylic acids is 1. The van der Waals surface area contributed by atoms with Crippen molar-refractivity contribution < 1.29 is 19.0 Å². The van der Waals surface area contributed by atoms with Crippen LogP contribution >= 0.6 is 23.2 Å². The van der Waals surface area contributed by atoms with Crippen LogP contribution in [0.25, 0.3) is 10.9 Å². The van der Waals surface area contributed by atoms with Crippen LogP contribution in [0.3, 0.4) is 0 Å². The Balaban J connectivity index is 1.48. The minimum absolute atomic E-state index is 0.177. The third kappa shape index (κ3) is 4.52. The number of aromatic nitrogens is 2. The van der Waals surface area contributed by atoms with Gasteiger partial charge in [-0.25, -0.2) is 9.97 Å². The number of hydrogen-bond acceptors (Lipinski definition) is 6. The van der Waals surface area contributed by atoms with Crippen molar-refractivity contribution in [3.05, 3.63) is 87.7 Å². The number of hydrogen-bond donors (Lipinski definition) is 0. The predicted molar refractivity (Wildman–Crippen MR) is 138 cm³/mol. The summed E-state index contributed by atoms with van der Waals surface area (Å²) in [5.74, 6) is 1.35. The maximum atomic E-state index is 13.6. The Morgan fingerprint density at radius 3 is 2.53 bits per heavy atom. The molecule has 0 fully saturated rings. The van der Waals surface area contributed by atoms with E-state index < -0.39 is 0 Å². The van der Waals surface area contributed by atoms with Gasteiger partial charge in [-0.15, -0.1) is 0 Å². The molecule has 2 heterocycles. The topological polar surface area (TPSA) is 73.8 Å². The molecule has 0 unspecified atom stereocenters. The number of methoxy groups -OCH3 is 2. The summed E-state index contributed by atoms with van der Waals surface area (Å²) in [7, 11) is 3.22. The lowest BCUT2D eigenvalue weighted by molar-refractivity contribution is -0.135. The van der Waals surface area contributed by atoms with Crippen molar-refractivity contribution in [3.63, 3.8) is 0 Å². The monoisotopic (exact) mass is 523 g/mol. The Morgan fingerprint density at radius 2 is 1.78 bits per heavy atom. The van der Waals surface area contributed by atoms with E-state index in [9.17, 15) is 4.79 Å². The first-order valence-corrected chi connectivity index (χ1v) is 12.1. The molecule has 7 nitrogen and oxygen atoms in total. The quantitative estimate of drug-likeness (QED) is 0.332. The second-order valence-electron chi connectivity index (χ2n) is 8.31. The van der Waals surface area contributed by atoms with Crippen molar-refractivity contribution in [3.8, 4) is 17.4 Å². The fraction of sp³-hybridized carbons (Fsp3) is 0.222. The number of fused-ring (bicyclic) bond motifs is 2. The standard InChI is InChI=1S/C27H23Cl2N3O4/c1-34-22-10-17-8-9-32(26(16-6-4-3-5-7-16)19(17)13-23(22)35-2)24(33)14-36-27-20-11-18(28)12-21(29)25(20)30-15-31-27/h3-7,10-13,15,26H,8-9,14H2,1-2H3/t26-/m0/s1. The van der Waals surface area contributed by atoms with E-state index in [2.05, 4.69) is 9.97 Å². The average Bonchev–Trinajstić information content (AvgIpc) is 2.90. The molecule has 1 amide bonds. The summed E-state index contributed by atoms with van der Waals surface area (Å²) in [5.41, 5.74) is 3.60. The predicted octanol–water partition coefficient (Wildman–Crippen LogP) is 5.51. The van der Waals surface area contributed by atoms with Gasteiger partial charge in [0.25, 0.3) is 5.91 Å². The highest BCUT2D eigenvalue weighted by Crippen LogP contribution is 2.41. The summed E-state index contributed by atoms with van der Waals surface area (Å²) in [5, 5.41) is 1.36. The van der Waals surface area contributed by atoms with Gasteiger partial charge in [0.1, 0.15) is 6.33 Å². The molecule has 1 aromatic heterocycles. The van der Waals surface area contributed by atoms with E-state index in [4.69, 9.17) is 37.4 Å².